The van der Waals surface area contributed by atoms with Gasteiger partial charge in [-0.05, 0) is 49.1 Å². The Hall–Kier alpha value is -2.77. The van der Waals surface area contributed by atoms with Gasteiger partial charge < -0.3 is 5.32 Å². The third-order valence-corrected chi connectivity index (χ3v) is 6.90. The SMILES string of the molecule is O=S(=O)(NC1CCCC1)c1ccc(CCNc2ccc(-c3ccccc3)nn2)cc1. The molecule has 1 fully saturated rings. The van der Waals surface area contributed by atoms with Gasteiger partial charge in [0.25, 0.3) is 0 Å². The average molecular weight is 423 g/mol. The Bertz CT molecular complexity index is 1050. The van der Waals surface area contributed by atoms with Crippen molar-refractivity contribution in [1.29, 1.82) is 0 Å². The second-order valence-corrected chi connectivity index (χ2v) is 9.31. The van der Waals surface area contributed by atoms with E-state index in [1.165, 1.54) is 0 Å². The normalized spacial score (nSPS) is 14.7. The lowest BCUT2D eigenvalue weighted by molar-refractivity contribution is 0.552. The van der Waals surface area contributed by atoms with Gasteiger partial charge in [0.05, 0.1) is 10.6 Å². The molecule has 0 saturated heterocycles. The average Bonchev–Trinajstić information content (AvgIpc) is 3.28. The summed E-state index contributed by atoms with van der Waals surface area (Å²) in [5, 5.41) is 11.8. The maximum absolute atomic E-state index is 12.5. The summed E-state index contributed by atoms with van der Waals surface area (Å²) in [4.78, 5) is 0.327. The molecule has 0 unspecified atom stereocenters. The van der Waals surface area contributed by atoms with Gasteiger partial charge in [0.2, 0.25) is 10.0 Å². The maximum Gasteiger partial charge on any atom is 0.240 e. The summed E-state index contributed by atoms with van der Waals surface area (Å²) in [6.45, 7) is 0.686. The number of benzene rings is 2. The largest absolute Gasteiger partial charge is 0.368 e. The van der Waals surface area contributed by atoms with E-state index < -0.39 is 10.0 Å². The van der Waals surface area contributed by atoms with Gasteiger partial charge in [0.15, 0.2) is 0 Å². The highest BCUT2D eigenvalue weighted by atomic mass is 32.2. The predicted octanol–water partition coefficient (Wildman–Crippen LogP) is 4.02. The molecule has 0 amide bonds. The first-order chi connectivity index (χ1) is 14.6. The van der Waals surface area contributed by atoms with Crippen molar-refractivity contribution in [3.63, 3.8) is 0 Å². The molecule has 2 aromatic carbocycles. The minimum absolute atomic E-state index is 0.0771. The van der Waals surface area contributed by atoms with Crippen LogP contribution < -0.4 is 10.0 Å². The number of hydrogen-bond donors (Lipinski definition) is 2. The Labute approximate surface area is 177 Å². The fourth-order valence-corrected chi connectivity index (χ4v) is 5.00. The highest BCUT2D eigenvalue weighted by Gasteiger charge is 2.22. The predicted molar refractivity (Wildman–Crippen MR) is 119 cm³/mol. The Balaban J connectivity index is 1.29. The zero-order chi connectivity index (χ0) is 20.8. The van der Waals surface area contributed by atoms with Crippen LogP contribution in [-0.4, -0.2) is 31.2 Å². The molecular weight excluding hydrogens is 396 g/mol. The van der Waals surface area contributed by atoms with E-state index in [2.05, 4.69) is 20.2 Å². The molecule has 0 aliphatic heterocycles. The third kappa shape index (κ3) is 5.23. The van der Waals surface area contributed by atoms with Gasteiger partial charge in [0.1, 0.15) is 5.82 Å². The second kappa shape index (κ2) is 9.36. The molecule has 1 aromatic heterocycles. The molecule has 7 heteroatoms. The lowest BCUT2D eigenvalue weighted by Crippen LogP contribution is -2.32. The van der Waals surface area contributed by atoms with Crippen molar-refractivity contribution in [1.82, 2.24) is 14.9 Å². The summed E-state index contributed by atoms with van der Waals surface area (Å²) >= 11 is 0. The standard InChI is InChI=1S/C23H26N4O2S/c28-30(29,27-20-8-4-5-9-20)21-12-10-18(11-13-21)16-17-24-23-15-14-22(25-26-23)19-6-2-1-3-7-19/h1-3,6-7,10-15,20,27H,4-5,8-9,16-17H2,(H,24,26). The van der Waals surface area contributed by atoms with Crippen LogP contribution in [0.25, 0.3) is 11.3 Å². The molecule has 1 saturated carbocycles. The molecule has 1 heterocycles. The number of sulfonamides is 1. The zero-order valence-corrected chi connectivity index (χ0v) is 17.6. The summed E-state index contributed by atoms with van der Waals surface area (Å²) in [7, 11) is -3.43. The molecule has 30 heavy (non-hydrogen) atoms. The summed E-state index contributed by atoms with van der Waals surface area (Å²) in [6, 6.07) is 21.0. The van der Waals surface area contributed by atoms with Gasteiger partial charge in [-0.1, -0.05) is 55.3 Å². The number of nitrogens with one attached hydrogen (secondary N) is 2. The van der Waals surface area contributed by atoms with E-state index in [-0.39, 0.29) is 6.04 Å². The molecule has 1 aliphatic carbocycles. The highest BCUT2D eigenvalue weighted by Crippen LogP contribution is 2.21. The number of nitrogens with zero attached hydrogens (tertiary/aromatic N) is 2. The summed E-state index contributed by atoms with van der Waals surface area (Å²) in [6.07, 6.45) is 4.81. The molecule has 0 bridgehead atoms. The lowest BCUT2D eigenvalue weighted by Gasteiger charge is -2.13. The fraction of sp³-hybridized carbons (Fsp3) is 0.304. The topological polar surface area (TPSA) is 84.0 Å². The molecule has 0 radical (unpaired) electrons. The molecule has 6 nitrogen and oxygen atoms in total. The number of hydrogen-bond acceptors (Lipinski definition) is 5. The van der Waals surface area contributed by atoms with Crippen LogP contribution in [0.3, 0.4) is 0 Å². The van der Waals surface area contributed by atoms with E-state index in [0.29, 0.717) is 11.4 Å². The van der Waals surface area contributed by atoms with E-state index >= 15 is 0 Å². The van der Waals surface area contributed by atoms with Crippen molar-refractivity contribution >= 4 is 15.8 Å². The van der Waals surface area contributed by atoms with E-state index in [9.17, 15) is 8.42 Å². The number of aromatic nitrogens is 2. The smallest absolute Gasteiger partial charge is 0.240 e. The van der Waals surface area contributed by atoms with Crippen LogP contribution in [0.2, 0.25) is 0 Å². The Morgan fingerprint density at radius 2 is 1.60 bits per heavy atom. The van der Waals surface area contributed by atoms with Crippen LogP contribution in [0.4, 0.5) is 5.82 Å². The Morgan fingerprint density at radius 1 is 0.867 bits per heavy atom. The Morgan fingerprint density at radius 3 is 2.27 bits per heavy atom. The first kappa shape index (κ1) is 20.5. The molecular formula is C23H26N4O2S. The molecule has 4 rings (SSSR count). The van der Waals surface area contributed by atoms with Gasteiger partial charge in [-0.25, -0.2) is 13.1 Å². The molecule has 0 atom stereocenters. The first-order valence-corrected chi connectivity index (χ1v) is 11.8. The molecule has 2 N–H and O–H groups in total. The van der Waals surface area contributed by atoms with Crippen LogP contribution in [-0.2, 0) is 16.4 Å². The van der Waals surface area contributed by atoms with Crippen LogP contribution in [0, 0.1) is 0 Å². The van der Waals surface area contributed by atoms with Crippen molar-refractivity contribution in [3.8, 4) is 11.3 Å². The highest BCUT2D eigenvalue weighted by molar-refractivity contribution is 7.89. The quantitative estimate of drug-likeness (QED) is 0.573. The van der Waals surface area contributed by atoms with E-state index in [1.807, 2.05) is 54.6 Å². The van der Waals surface area contributed by atoms with Gasteiger partial charge in [-0.15, -0.1) is 10.2 Å². The van der Waals surface area contributed by atoms with Gasteiger partial charge in [0, 0.05) is 18.2 Å². The second-order valence-electron chi connectivity index (χ2n) is 7.59. The number of anilines is 1. The van der Waals surface area contributed by atoms with Gasteiger partial charge >= 0.3 is 0 Å². The fourth-order valence-electron chi connectivity index (χ4n) is 3.69. The van der Waals surface area contributed by atoms with Crippen molar-refractivity contribution in [2.75, 3.05) is 11.9 Å². The monoisotopic (exact) mass is 422 g/mol. The lowest BCUT2D eigenvalue weighted by atomic mass is 10.1. The minimum atomic E-state index is -3.43. The van der Waals surface area contributed by atoms with E-state index in [4.69, 9.17) is 0 Å². The molecule has 156 valence electrons. The molecule has 1 aliphatic rings. The van der Waals surface area contributed by atoms with Gasteiger partial charge in [-0.2, -0.15) is 0 Å². The van der Waals surface area contributed by atoms with Gasteiger partial charge in [-0.3, -0.25) is 0 Å². The van der Waals surface area contributed by atoms with Crippen molar-refractivity contribution in [2.24, 2.45) is 0 Å². The minimum Gasteiger partial charge on any atom is -0.368 e. The number of rotatable bonds is 8. The molecule has 0 spiro atoms. The van der Waals surface area contributed by atoms with E-state index in [0.717, 1.165) is 54.7 Å². The summed E-state index contributed by atoms with van der Waals surface area (Å²) in [5.41, 5.74) is 2.94. The summed E-state index contributed by atoms with van der Waals surface area (Å²) in [5.74, 6) is 0.717. The van der Waals surface area contributed by atoms with Crippen LogP contribution in [0.5, 0.6) is 0 Å². The van der Waals surface area contributed by atoms with Crippen molar-refractivity contribution < 1.29 is 8.42 Å². The van der Waals surface area contributed by atoms with Crippen molar-refractivity contribution in [3.05, 3.63) is 72.3 Å². The molecule has 3 aromatic rings. The van der Waals surface area contributed by atoms with E-state index in [1.54, 1.807) is 12.1 Å². The van der Waals surface area contributed by atoms with Crippen LogP contribution in [0.15, 0.2) is 71.6 Å². The summed E-state index contributed by atoms with van der Waals surface area (Å²) < 4.78 is 27.8. The maximum atomic E-state index is 12.5. The Kier molecular flexibility index (Phi) is 6.40. The third-order valence-electron chi connectivity index (χ3n) is 5.36. The van der Waals surface area contributed by atoms with Crippen LogP contribution >= 0.6 is 0 Å². The first-order valence-electron chi connectivity index (χ1n) is 10.3. The zero-order valence-electron chi connectivity index (χ0n) is 16.8. The van der Waals surface area contributed by atoms with Crippen molar-refractivity contribution in [2.45, 2.75) is 43.0 Å². The van der Waals surface area contributed by atoms with Crippen LogP contribution in [0.1, 0.15) is 31.2 Å².